The van der Waals surface area contributed by atoms with Crippen molar-refractivity contribution < 1.29 is 13.2 Å². The first-order valence-corrected chi connectivity index (χ1v) is 7.99. The molecule has 7 heteroatoms. The molecule has 106 valence electrons. The molecule has 1 aliphatic heterocycles. The van der Waals surface area contributed by atoms with Crippen LogP contribution in [0.4, 0.5) is 0 Å². The number of nitrogens with zero attached hydrogens (tertiary/aromatic N) is 1. The normalized spacial score (nSPS) is 17.5. The number of benzene rings is 1. The second-order valence-electron chi connectivity index (χ2n) is 4.31. The molecule has 0 aliphatic carbocycles. The van der Waals surface area contributed by atoms with Gasteiger partial charge in [0.15, 0.2) is 0 Å². The van der Waals surface area contributed by atoms with Gasteiger partial charge in [0.05, 0.1) is 18.1 Å². The molecule has 19 heavy (non-hydrogen) atoms. The molecule has 0 atom stereocenters. The minimum atomic E-state index is -3.44. The molecule has 5 nitrogen and oxygen atoms in total. The summed E-state index contributed by atoms with van der Waals surface area (Å²) < 4.78 is 31.8. The monoisotopic (exact) mass is 304 g/mol. The highest BCUT2D eigenvalue weighted by Gasteiger charge is 2.15. The molecule has 1 heterocycles. The second kappa shape index (κ2) is 6.67. The molecular weight excluding hydrogens is 288 g/mol. The van der Waals surface area contributed by atoms with Crippen LogP contribution in [0.5, 0.6) is 0 Å². The van der Waals surface area contributed by atoms with E-state index < -0.39 is 10.0 Å². The zero-order valence-corrected chi connectivity index (χ0v) is 12.1. The topological polar surface area (TPSA) is 58.6 Å². The number of ether oxygens (including phenoxy) is 1. The molecule has 0 radical (unpaired) electrons. The summed E-state index contributed by atoms with van der Waals surface area (Å²) in [6, 6.07) is 6.13. The number of halogens is 1. The summed E-state index contributed by atoms with van der Waals surface area (Å²) >= 11 is 5.73. The van der Waals surface area contributed by atoms with E-state index in [1.807, 2.05) is 0 Å². The van der Waals surface area contributed by atoms with Crippen LogP contribution in [0.1, 0.15) is 0 Å². The first-order chi connectivity index (χ1) is 9.08. The molecule has 1 aromatic carbocycles. The highest BCUT2D eigenvalue weighted by Crippen LogP contribution is 2.13. The third-order valence-corrected chi connectivity index (χ3v) is 4.68. The summed E-state index contributed by atoms with van der Waals surface area (Å²) in [6.07, 6.45) is 0. The van der Waals surface area contributed by atoms with Crippen molar-refractivity contribution >= 4 is 21.6 Å². The van der Waals surface area contributed by atoms with Gasteiger partial charge in [0.2, 0.25) is 10.0 Å². The number of rotatable bonds is 5. The van der Waals surface area contributed by atoms with Gasteiger partial charge in [0.1, 0.15) is 0 Å². The maximum atomic E-state index is 12.0. The Bertz CT molecular complexity index is 498. The lowest BCUT2D eigenvalue weighted by Crippen LogP contribution is -2.41. The van der Waals surface area contributed by atoms with Gasteiger partial charge in [-0.15, -0.1) is 0 Å². The molecule has 1 fully saturated rings. The van der Waals surface area contributed by atoms with Gasteiger partial charge in [-0.2, -0.15) is 0 Å². The van der Waals surface area contributed by atoms with Crippen molar-refractivity contribution in [2.75, 3.05) is 39.4 Å². The van der Waals surface area contributed by atoms with Gasteiger partial charge in [0, 0.05) is 31.2 Å². The average Bonchev–Trinajstić information content (AvgIpc) is 2.40. The fourth-order valence-corrected chi connectivity index (χ4v) is 3.01. The van der Waals surface area contributed by atoms with E-state index in [9.17, 15) is 8.42 Å². The lowest BCUT2D eigenvalue weighted by atomic mass is 10.4. The lowest BCUT2D eigenvalue weighted by molar-refractivity contribution is 0.0390. The van der Waals surface area contributed by atoms with Crippen LogP contribution in [0.15, 0.2) is 29.2 Å². The Labute approximate surface area is 118 Å². The number of hydrogen-bond donors (Lipinski definition) is 1. The smallest absolute Gasteiger partial charge is 0.240 e. The van der Waals surface area contributed by atoms with E-state index in [1.54, 1.807) is 12.1 Å². The average molecular weight is 305 g/mol. The zero-order chi connectivity index (χ0) is 13.7. The molecule has 0 unspecified atom stereocenters. The van der Waals surface area contributed by atoms with Gasteiger partial charge in [-0.05, 0) is 24.3 Å². The largest absolute Gasteiger partial charge is 0.379 e. The molecule has 1 aromatic rings. The summed E-state index contributed by atoms with van der Waals surface area (Å²) in [7, 11) is -3.44. The molecular formula is C12H17ClN2O3S. The zero-order valence-electron chi connectivity index (χ0n) is 10.5. The molecule has 2 rings (SSSR count). The van der Waals surface area contributed by atoms with Crippen LogP contribution in [0, 0.1) is 0 Å². The maximum absolute atomic E-state index is 12.0. The van der Waals surface area contributed by atoms with Crippen molar-refractivity contribution in [1.82, 2.24) is 9.62 Å². The number of morpholine rings is 1. The molecule has 1 aliphatic rings. The summed E-state index contributed by atoms with van der Waals surface area (Å²) in [4.78, 5) is 2.41. The van der Waals surface area contributed by atoms with Crippen molar-refractivity contribution in [1.29, 1.82) is 0 Å². The second-order valence-corrected chi connectivity index (χ2v) is 6.51. The third-order valence-electron chi connectivity index (χ3n) is 2.95. The Morgan fingerprint density at radius 1 is 1.21 bits per heavy atom. The van der Waals surface area contributed by atoms with Gasteiger partial charge in [-0.1, -0.05) is 11.6 Å². The Morgan fingerprint density at radius 2 is 1.84 bits per heavy atom. The Balaban J connectivity index is 1.85. The fourth-order valence-electron chi connectivity index (χ4n) is 1.86. The first-order valence-electron chi connectivity index (χ1n) is 6.13. The summed E-state index contributed by atoms with van der Waals surface area (Å²) in [5, 5.41) is 0.521. The van der Waals surface area contributed by atoms with Gasteiger partial charge in [0.25, 0.3) is 0 Å². The summed E-state index contributed by atoms with van der Waals surface area (Å²) in [5.41, 5.74) is 0. The van der Waals surface area contributed by atoms with E-state index in [2.05, 4.69) is 9.62 Å². The SMILES string of the molecule is O=S(=O)(NCCN1CCOCC1)c1ccc(Cl)cc1. The predicted octanol–water partition coefficient (Wildman–Crippen LogP) is 0.950. The first kappa shape index (κ1) is 14.7. The van der Waals surface area contributed by atoms with Crippen molar-refractivity contribution in [3.05, 3.63) is 29.3 Å². The molecule has 0 amide bonds. The van der Waals surface area contributed by atoms with E-state index >= 15 is 0 Å². The van der Waals surface area contributed by atoms with E-state index in [1.165, 1.54) is 12.1 Å². The van der Waals surface area contributed by atoms with Gasteiger partial charge in [-0.3, -0.25) is 4.90 Å². The van der Waals surface area contributed by atoms with E-state index in [-0.39, 0.29) is 4.90 Å². The highest BCUT2D eigenvalue weighted by molar-refractivity contribution is 7.89. The van der Waals surface area contributed by atoms with E-state index in [4.69, 9.17) is 16.3 Å². The fraction of sp³-hybridized carbons (Fsp3) is 0.500. The van der Waals surface area contributed by atoms with Gasteiger partial charge >= 0.3 is 0 Å². The van der Waals surface area contributed by atoms with Crippen LogP contribution in [0.2, 0.25) is 5.02 Å². The number of nitrogens with one attached hydrogen (secondary N) is 1. The Morgan fingerprint density at radius 3 is 2.47 bits per heavy atom. The van der Waals surface area contributed by atoms with E-state index in [0.717, 1.165) is 13.1 Å². The van der Waals surface area contributed by atoms with Crippen LogP contribution in [0.3, 0.4) is 0 Å². The van der Waals surface area contributed by atoms with Gasteiger partial charge < -0.3 is 4.74 Å². The molecule has 1 saturated heterocycles. The molecule has 1 N–H and O–H groups in total. The summed E-state index contributed by atoms with van der Waals surface area (Å²) in [6.45, 7) is 4.21. The van der Waals surface area contributed by atoms with Crippen molar-refractivity contribution in [3.8, 4) is 0 Å². The van der Waals surface area contributed by atoms with E-state index in [0.29, 0.717) is 31.3 Å². The van der Waals surface area contributed by atoms with Crippen LogP contribution < -0.4 is 4.72 Å². The Kier molecular flexibility index (Phi) is 5.18. The predicted molar refractivity (Wildman–Crippen MR) is 73.9 cm³/mol. The van der Waals surface area contributed by atoms with Crippen LogP contribution in [-0.2, 0) is 14.8 Å². The minimum Gasteiger partial charge on any atom is -0.379 e. The maximum Gasteiger partial charge on any atom is 0.240 e. The lowest BCUT2D eigenvalue weighted by Gasteiger charge is -2.26. The van der Waals surface area contributed by atoms with Crippen LogP contribution >= 0.6 is 11.6 Å². The molecule has 0 spiro atoms. The minimum absolute atomic E-state index is 0.235. The quantitative estimate of drug-likeness (QED) is 0.880. The van der Waals surface area contributed by atoms with Crippen molar-refractivity contribution in [2.24, 2.45) is 0 Å². The molecule has 0 aromatic heterocycles. The number of hydrogen-bond acceptors (Lipinski definition) is 4. The highest BCUT2D eigenvalue weighted by atomic mass is 35.5. The third kappa shape index (κ3) is 4.43. The van der Waals surface area contributed by atoms with Crippen molar-refractivity contribution in [3.63, 3.8) is 0 Å². The van der Waals surface area contributed by atoms with Gasteiger partial charge in [-0.25, -0.2) is 13.1 Å². The molecule has 0 bridgehead atoms. The van der Waals surface area contributed by atoms with Crippen LogP contribution in [0.25, 0.3) is 0 Å². The number of sulfonamides is 1. The summed E-state index contributed by atoms with van der Waals surface area (Å²) in [5.74, 6) is 0. The molecule has 0 saturated carbocycles. The Hall–Kier alpha value is -0.660. The standard InChI is InChI=1S/C12H17ClN2O3S/c13-11-1-3-12(4-2-11)19(16,17)14-5-6-15-7-9-18-10-8-15/h1-4,14H,5-10H2. The van der Waals surface area contributed by atoms with Crippen LogP contribution in [-0.4, -0.2) is 52.7 Å². The van der Waals surface area contributed by atoms with Crippen molar-refractivity contribution in [2.45, 2.75) is 4.90 Å².